The Hall–Kier alpha value is -0.160. The number of aliphatic hydroxyl groups excluding tert-OH is 1. The molecule has 1 heterocycles. The third-order valence-corrected chi connectivity index (χ3v) is 3.00. The lowest BCUT2D eigenvalue weighted by atomic mass is 10.2. The van der Waals surface area contributed by atoms with Crippen LogP contribution in [0, 0.1) is 0 Å². The van der Waals surface area contributed by atoms with Crippen LogP contribution in [-0.2, 0) is 0 Å². The predicted octanol–water partition coefficient (Wildman–Crippen LogP) is -0.406. The molecule has 0 aromatic carbocycles. The normalized spacial score (nSPS) is 22.6. The van der Waals surface area contributed by atoms with E-state index < -0.39 is 0 Å². The van der Waals surface area contributed by atoms with Gasteiger partial charge in [0.2, 0.25) is 0 Å². The highest BCUT2D eigenvalue weighted by Crippen LogP contribution is 2.01. The molecule has 1 fully saturated rings. The first-order chi connectivity index (χ1) is 7.26. The lowest BCUT2D eigenvalue weighted by molar-refractivity contribution is 0.185. The lowest BCUT2D eigenvalue weighted by Crippen LogP contribution is -2.44. The van der Waals surface area contributed by atoms with E-state index in [0.29, 0.717) is 0 Å². The maximum absolute atomic E-state index is 9.21. The first-order valence-electron chi connectivity index (χ1n) is 6.01. The molecule has 0 radical (unpaired) electrons. The number of hydrogen-bond donors (Lipinski definition) is 2. The molecule has 0 amide bonds. The van der Waals surface area contributed by atoms with Crippen LogP contribution in [0.1, 0.15) is 13.3 Å². The van der Waals surface area contributed by atoms with Crippen molar-refractivity contribution in [2.24, 2.45) is 0 Å². The van der Waals surface area contributed by atoms with E-state index in [4.69, 9.17) is 0 Å². The smallest absolute Gasteiger partial charge is 0.0597 e. The second kappa shape index (κ2) is 7.17. The molecule has 4 heteroatoms. The highest BCUT2D eigenvalue weighted by atomic mass is 16.3. The van der Waals surface area contributed by atoms with Crippen molar-refractivity contribution in [3.8, 4) is 0 Å². The first-order valence-corrected chi connectivity index (χ1v) is 6.01. The van der Waals surface area contributed by atoms with Gasteiger partial charge in [0.25, 0.3) is 0 Å². The second-order valence-corrected chi connectivity index (χ2v) is 4.39. The van der Waals surface area contributed by atoms with Gasteiger partial charge in [-0.05, 0) is 33.1 Å². The molecule has 0 saturated carbocycles. The molecule has 90 valence electrons. The highest BCUT2D eigenvalue weighted by Gasteiger charge is 2.15. The zero-order valence-electron chi connectivity index (χ0n) is 10.1. The van der Waals surface area contributed by atoms with Crippen molar-refractivity contribution in [1.82, 2.24) is 15.1 Å². The fourth-order valence-corrected chi connectivity index (χ4v) is 2.07. The van der Waals surface area contributed by atoms with Gasteiger partial charge in [0.1, 0.15) is 0 Å². The summed E-state index contributed by atoms with van der Waals surface area (Å²) in [5, 5.41) is 12.5. The monoisotopic (exact) mass is 215 g/mol. The van der Waals surface area contributed by atoms with Gasteiger partial charge in [-0.3, -0.25) is 0 Å². The Morgan fingerprint density at radius 2 is 2.07 bits per heavy atom. The molecule has 0 spiro atoms. The van der Waals surface area contributed by atoms with Crippen LogP contribution in [-0.4, -0.2) is 73.9 Å². The number of likely N-dealkylation sites (N-methyl/N-ethyl adjacent to an activating group) is 2. The first kappa shape index (κ1) is 12.9. The molecule has 0 bridgehead atoms. The van der Waals surface area contributed by atoms with Gasteiger partial charge in [-0.15, -0.1) is 0 Å². The Balaban J connectivity index is 2.29. The average Bonchev–Trinajstić information content (AvgIpc) is 2.43. The second-order valence-electron chi connectivity index (χ2n) is 4.39. The minimum Gasteiger partial charge on any atom is -0.395 e. The summed E-state index contributed by atoms with van der Waals surface area (Å²) in [7, 11) is 2.18. The average molecular weight is 215 g/mol. The lowest BCUT2D eigenvalue weighted by Gasteiger charge is -2.25. The fourth-order valence-electron chi connectivity index (χ4n) is 2.07. The Labute approximate surface area is 93.2 Å². The van der Waals surface area contributed by atoms with Crippen LogP contribution in [0.15, 0.2) is 0 Å². The van der Waals surface area contributed by atoms with E-state index in [1.165, 1.54) is 13.0 Å². The fraction of sp³-hybridized carbons (Fsp3) is 1.00. The molecule has 0 aromatic heterocycles. The Morgan fingerprint density at radius 3 is 2.73 bits per heavy atom. The minimum atomic E-state index is 0.235. The molecule has 1 atom stereocenters. The van der Waals surface area contributed by atoms with Gasteiger partial charge < -0.3 is 20.2 Å². The van der Waals surface area contributed by atoms with Crippen molar-refractivity contribution in [3.63, 3.8) is 0 Å². The van der Waals surface area contributed by atoms with E-state index in [1.54, 1.807) is 0 Å². The minimum absolute atomic E-state index is 0.235. The SMILES string of the molecule is CCNC(CO)CN1CCCN(C)CC1. The molecule has 1 aliphatic heterocycles. The van der Waals surface area contributed by atoms with Crippen molar-refractivity contribution in [1.29, 1.82) is 0 Å². The van der Waals surface area contributed by atoms with E-state index in [-0.39, 0.29) is 12.6 Å². The van der Waals surface area contributed by atoms with Gasteiger partial charge in [0, 0.05) is 25.7 Å². The third-order valence-electron chi connectivity index (χ3n) is 3.00. The maximum atomic E-state index is 9.21. The summed E-state index contributed by atoms with van der Waals surface area (Å²) < 4.78 is 0. The van der Waals surface area contributed by atoms with E-state index in [2.05, 4.69) is 29.1 Å². The molecule has 1 saturated heterocycles. The van der Waals surface area contributed by atoms with Crippen LogP contribution >= 0.6 is 0 Å². The molecular weight excluding hydrogens is 190 g/mol. The van der Waals surface area contributed by atoms with Gasteiger partial charge in [-0.25, -0.2) is 0 Å². The van der Waals surface area contributed by atoms with Crippen molar-refractivity contribution in [3.05, 3.63) is 0 Å². The number of nitrogens with one attached hydrogen (secondary N) is 1. The summed E-state index contributed by atoms with van der Waals surface area (Å²) in [5.41, 5.74) is 0. The summed E-state index contributed by atoms with van der Waals surface area (Å²) in [4.78, 5) is 4.83. The van der Waals surface area contributed by atoms with Gasteiger partial charge in [-0.1, -0.05) is 6.92 Å². The zero-order valence-corrected chi connectivity index (χ0v) is 10.1. The zero-order chi connectivity index (χ0) is 11.1. The molecule has 1 unspecified atom stereocenters. The standard InChI is InChI=1S/C11H25N3O/c1-3-12-11(10-15)9-14-6-4-5-13(2)7-8-14/h11-12,15H,3-10H2,1-2H3. The van der Waals surface area contributed by atoms with Crippen molar-refractivity contribution in [2.75, 3.05) is 52.9 Å². The maximum Gasteiger partial charge on any atom is 0.0597 e. The molecule has 4 nitrogen and oxygen atoms in total. The third kappa shape index (κ3) is 4.93. The summed E-state index contributed by atoms with van der Waals surface area (Å²) in [5.74, 6) is 0. The summed E-state index contributed by atoms with van der Waals surface area (Å²) >= 11 is 0. The largest absolute Gasteiger partial charge is 0.395 e. The summed E-state index contributed by atoms with van der Waals surface area (Å²) in [6.07, 6.45) is 1.24. The predicted molar refractivity (Wildman–Crippen MR) is 63.1 cm³/mol. The quantitative estimate of drug-likeness (QED) is 0.654. The van der Waals surface area contributed by atoms with Gasteiger partial charge in [-0.2, -0.15) is 0 Å². The van der Waals surface area contributed by atoms with Crippen molar-refractivity contribution < 1.29 is 5.11 Å². The van der Waals surface area contributed by atoms with Crippen LogP contribution < -0.4 is 5.32 Å². The summed E-state index contributed by atoms with van der Waals surface area (Å²) in [6, 6.07) is 0.235. The topological polar surface area (TPSA) is 38.7 Å². The number of aliphatic hydroxyl groups is 1. The molecule has 1 aliphatic rings. The molecule has 0 aliphatic carbocycles. The van der Waals surface area contributed by atoms with E-state index >= 15 is 0 Å². The van der Waals surface area contributed by atoms with Gasteiger partial charge >= 0.3 is 0 Å². The van der Waals surface area contributed by atoms with Gasteiger partial charge in [0.05, 0.1) is 6.61 Å². The van der Waals surface area contributed by atoms with Crippen LogP contribution in [0.25, 0.3) is 0 Å². The van der Waals surface area contributed by atoms with E-state index in [9.17, 15) is 5.11 Å². The van der Waals surface area contributed by atoms with Crippen LogP contribution in [0.3, 0.4) is 0 Å². The van der Waals surface area contributed by atoms with Gasteiger partial charge in [0.15, 0.2) is 0 Å². The molecule has 0 aromatic rings. The number of rotatable bonds is 5. The number of hydrogen-bond acceptors (Lipinski definition) is 4. The molecule has 15 heavy (non-hydrogen) atoms. The van der Waals surface area contributed by atoms with Crippen LogP contribution in [0.2, 0.25) is 0 Å². The van der Waals surface area contributed by atoms with E-state index in [1.807, 2.05) is 0 Å². The van der Waals surface area contributed by atoms with Crippen molar-refractivity contribution >= 4 is 0 Å². The van der Waals surface area contributed by atoms with Crippen molar-refractivity contribution in [2.45, 2.75) is 19.4 Å². The molecular formula is C11H25N3O. The molecule has 1 rings (SSSR count). The Bertz CT molecular complexity index is 166. The number of nitrogens with zero attached hydrogens (tertiary/aromatic N) is 2. The Kier molecular flexibility index (Phi) is 6.17. The van der Waals surface area contributed by atoms with Crippen LogP contribution in [0.5, 0.6) is 0 Å². The van der Waals surface area contributed by atoms with Crippen LogP contribution in [0.4, 0.5) is 0 Å². The summed E-state index contributed by atoms with van der Waals surface area (Å²) in [6.45, 7) is 8.84. The molecule has 2 N–H and O–H groups in total. The highest BCUT2D eigenvalue weighted by molar-refractivity contribution is 4.74. The van der Waals surface area contributed by atoms with E-state index in [0.717, 1.165) is 32.7 Å². The Morgan fingerprint density at radius 1 is 1.27 bits per heavy atom.